The van der Waals surface area contributed by atoms with Crippen LogP contribution in [0.15, 0.2) is 36.5 Å². The van der Waals surface area contributed by atoms with Gasteiger partial charge < -0.3 is 10.4 Å². The lowest BCUT2D eigenvalue weighted by Crippen LogP contribution is -2.31. The van der Waals surface area contributed by atoms with E-state index in [2.05, 4.69) is 10.3 Å². The van der Waals surface area contributed by atoms with Crippen LogP contribution in [-0.4, -0.2) is 16.6 Å². The molecule has 1 aromatic heterocycles. The molecular formula is C18H22F2N2O. The summed E-state index contributed by atoms with van der Waals surface area (Å²) in [5, 5.41) is 13.3. The number of nitrogens with zero attached hydrogens (tertiary/aromatic N) is 1. The zero-order chi connectivity index (χ0) is 17.0. The van der Waals surface area contributed by atoms with Crippen molar-refractivity contribution in [2.24, 2.45) is 5.92 Å². The minimum atomic E-state index is -1.26. The molecule has 2 rings (SSSR count). The molecule has 0 aliphatic heterocycles. The Labute approximate surface area is 135 Å². The Kier molecular flexibility index (Phi) is 5.80. The Morgan fingerprint density at radius 3 is 2.35 bits per heavy atom. The highest BCUT2D eigenvalue weighted by atomic mass is 19.1. The number of hydrogen-bond acceptors (Lipinski definition) is 3. The van der Waals surface area contributed by atoms with Gasteiger partial charge >= 0.3 is 0 Å². The highest BCUT2D eigenvalue weighted by molar-refractivity contribution is 5.24. The molecule has 0 fully saturated rings. The molecule has 0 radical (unpaired) electrons. The Morgan fingerprint density at radius 2 is 1.78 bits per heavy atom. The van der Waals surface area contributed by atoms with Crippen LogP contribution in [0.25, 0.3) is 0 Å². The summed E-state index contributed by atoms with van der Waals surface area (Å²) < 4.78 is 27.5. The number of nitrogens with one attached hydrogen (secondary N) is 1. The Balaban J connectivity index is 2.15. The first-order valence-electron chi connectivity index (χ1n) is 7.68. The van der Waals surface area contributed by atoms with E-state index in [9.17, 15) is 13.9 Å². The van der Waals surface area contributed by atoms with Gasteiger partial charge in [0.05, 0.1) is 23.4 Å². The molecule has 0 saturated carbocycles. The number of aromatic nitrogens is 1. The lowest BCUT2D eigenvalue weighted by Gasteiger charge is -2.25. The first-order chi connectivity index (χ1) is 10.9. The topological polar surface area (TPSA) is 45.2 Å². The molecule has 2 N–H and O–H groups in total. The van der Waals surface area contributed by atoms with Crippen LogP contribution in [0.1, 0.15) is 42.8 Å². The lowest BCUT2D eigenvalue weighted by atomic mass is 9.96. The van der Waals surface area contributed by atoms with Gasteiger partial charge in [-0.25, -0.2) is 8.78 Å². The summed E-state index contributed by atoms with van der Waals surface area (Å²) in [5.74, 6) is -1.27. The third-order valence-corrected chi connectivity index (χ3v) is 3.88. The summed E-state index contributed by atoms with van der Waals surface area (Å²) in [6.45, 7) is 6.06. The molecule has 124 valence electrons. The van der Waals surface area contributed by atoms with E-state index >= 15 is 0 Å². The predicted octanol–water partition coefficient (Wildman–Crippen LogP) is 3.69. The summed E-state index contributed by atoms with van der Waals surface area (Å²) in [5.41, 5.74) is 1.61. The normalized spacial score (nSPS) is 14.0. The second kappa shape index (κ2) is 7.62. The van der Waals surface area contributed by atoms with Gasteiger partial charge in [0.2, 0.25) is 0 Å². The number of pyridine rings is 1. The van der Waals surface area contributed by atoms with Crippen molar-refractivity contribution >= 4 is 0 Å². The molecule has 0 aliphatic rings. The van der Waals surface area contributed by atoms with Gasteiger partial charge in [-0.15, -0.1) is 0 Å². The molecule has 5 heteroatoms. The summed E-state index contributed by atoms with van der Waals surface area (Å²) in [6, 6.07) is 7.28. The van der Waals surface area contributed by atoms with Crippen molar-refractivity contribution in [2.75, 3.05) is 6.54 Å². The first kappa shape index (κ1) is 17.5. The Hall–Kier alpha value is -1.85. The van der Waals surface area contributed by atoms with Gasteiger partial charge in [-0.1, -0.05) is 26.0 Å². The molecule has 0 spiro atoms. The van der Waals surface area contributed by atoms with E-state index in [1.165, 1.54) is 6.07 Å². The van der Waals surface area contributed by atoms with Crippen LogP contribution in [0.3, 0.4) is 0 Å². The molecule has 2 unspecified atom stereocenters. The molecule has 0 bridgehead atoms. The van der Waals surface area contributed by atoms with Gasteiger partial charge in [-0.2, -0.15) is 0 Å². The maximum absolute atomic E-state index is 13.7. The van der Waals surface area contributed by atoms with E-state index in [1.807, 2.05) is 32.9 Å². The average Bonchev–Trinajstić information content (AvgIpc) is 2.48. The molecule has 2 aromatic rings. The fraction of sp³-hybridized carbons (Fsp3) is 0.389. The van der Waals surface area contributed by atoms with Gasteiger partial charge in [0, 0.05) is 12.7 Å². The van der Waals surface area contributed by atoms with Crippen molar-refractivity contribution in [3.8, 4) is 0 Å². The average molecular weight is 320 g/mol. The number of hydrogen-bond donors (Lipinski definition) is 2. The van der Waals surface area contributed by atoms with E-state index in [-0.39, 0.29) is 24.1 Å². The monoisotopic (exact) mass is 320 g/mol. The maximum atomic E-state index is 13.7. The van der Waals surface area contributed by atoms with Gasteiger partial charge in [0.1, 0.15) is 11.6 Å². The molecule has 0 aliphatic carbocycles. The van der Waals surface area contributed by atoms with Crippen LogP contribution in [-0.2, 0) is 0 Å². The maximum Gasteiger partial charge on any atom is 0.131 e. The quantitative estimate of drug-likeness (QED) is 0.853. The molecule has 0 saturated heterocycles. The van der Waals surface area contributed by atoms with Crippen LogP contribution in [0.5, 0.6) is 0 Å². The van der Waals surface area contributed by atoms with E-state index in [1.54, 1.807) is 6.20 Å². The second-order valence-electron chi connectivity index (χ2n) is 5.99. The highest BCUT2D eigenvalue weighted by Crippen LogP contribution is 2.25. The zero-order valence-electron chi connectivity index (χ0n) is 13.6. The smallest absolute Gasteiger partial charge is 0.131 e. The SMILES string of the molecule is Cc1cccnc1C(NCC(O)c1c(F)cccc1F)C(C)C. The van der Waals surface area contributed by atoms with Crippen LogP contribution in [0.4, 0.5) is 8.78 Å². The largest absolute Gasteiger partial charge is 0.387 e. The van der Waals surface area contributed by atoms with Crippen LogP contribution in [0, 0.1) is 24.5 Å². The van der Waals surface area contributed by atoms with Crippen molar-refractivity contribution in [3.05, 3.63) is 65.0 Å². The van der Waals surface area contributed by atoms with Crippen molar-refractivity contribution in [3.63, 3.8) is 0 Å². The summed E-state index contributed by atoms with van der Waals surface area (Å²) in [4.78, 5) is 4.39. The minimum absolute atomic E-state index is 0.0384. The highest BCUT2D eigenvalue weighted by Gasteiger charge is 2.22. The third-order valence-electron chi connectivity index (χ3n) is 3.88. The Bertz CT molecular complexity index is 641. The number of aliphatic hydroxyl groups is 1. The minimum Gasteiger partial charge on any atom is -0.387 e. The number of aryl methyl sites for hydroxylation is 1. The molecule has 0 amide bonds. The van der Waals surface area contributed by atoms with Crippen molar-refractivity contribution in [2.45, 2.75) is 32.9 Å². The van der Waals surface area contributed by atoms with Crippen LogP contribution < -0.4 is 5.32 Å². The van der Waals surface area contributed by atoms with Gasteiger partial charge in [-0.3, -0.25) is 4.98 Å². The first-order valence-corrected chi connectivity index (χ1v) is 7.68. The summed E-state index contributed by atoms with van der Waals surface area (Å²) in [7, 11) is 0. The van der Waals surface area contributed by atoms with Crippen molar-refractivity contribution in [1.29, 1.82) is 0 Å². The number of benzene rings is 1. The predicted molar refractivity (Wildman–Crippen MR) is 85.9 cm³/mol. The summed E-state index contributed by atoms with van der Waals surface area (Å²) >= 11 is 0. The summed E-state index contributed by atoms with van der Waals surface area (Å²) in [6.07, 6.45) is 0.452. The molecule has 2 atom stereocenters. The molecule has 1 heterocycles. The van der Waals surface area contributed by atoms with Crippen LogP contribution >= 0.6 is 0 Å². The van der Waals surface area contributed by atoms with Gasteiger partial charge in [0.15, 0.2) is 0 Å². The molecule has 3 nitrogen and oxygen atoms in total. The van der Waals surface area contributed by atoms with E-state index in [4.69, 9.17) is 0 Å². The van der Waals surface area contributed by atoms with Crippen molar-refractivity contribution < 1.29 is 13.9 Å². The Morgan fingerprint density at radius 1 is 1.13 bits per heavy atom. The number of rotatable bonds is 6. The molecular weight excluding hydrogens is 298 g/mol. The van der Waals surface area contributed by atoms with E-state index in [0.29, 0.717) is 0 Å². The van der Waals surface area contributed by atoms with Gasteiger partial charge in [-0.05, 0) is 36.6 Å². The van der Waals surface area contributed by atoms with Crippen LogP contribution in [0.2, 0.25) is 0 Å². The van der Waals surface area contributed by atoms with Crippen molar-refractivity contribution in [1.82, 2.24) is 10.3 Å². The third kappa shape index (κ3) is 4.12. The fourth-order valence-electron chi connectivity index (χ4n) is 2.64. The fourth-order valence-corrected chi connectivity index (χ4v) is 2.64. The molecule has 23 heavy (non-hydrogen) atoms. The standard InChI is InChI=1S/C18H22F2N2O/c1-11(2)17(18-12(3)6-5-9-21-18)22-10-15(23)16-13(19)7-4-8-14(16)20/h4-9,11,15,17,22-23H,10H2,1-3H3. The second-order valence-corrected chi connectivity index (χ2v) is 5.99. The zero-order valence-corrected chi connectivity index (χ0v) is 13.6. The van der Waals surface area contributed by atoms with E-state index in [0.717, 1.165) is 23.4 Å². The number of halogens is 2. The lowest BCUT2D eigenvalue weighted by molar-refractivity contribution is 0.156. The molecule has 1 aromatic carbocycles. The number of aliphatic hydroxyl groups excluding tert-OH is 1. The van der Waals surface area contributed by atoms with Gasteiger partial charge in [0.25, 0.3) is 0 Å². The van der Waals surface area contributed by atoms with E-state index < -0.39 is 17.7 Å².